The lowest BCUT2D eigenvalue weighted by atomic mass is 10.2. The first-order valence-electron chi connectivity index (χ1n) is 7.91. The number of carbonyl (C=O) groups is 1. The maximum absolute atomic E-state index is 12.6. The molecule has 122 valence electrons. The number of hydrogen-bond donors (Lipinski definition) is 1. The van der Waals surface area contributed by atoms with E-state index >= 15 is 0 Å². The van der Waals surface area contributed by atoms with Gasteiger partial charge in [-0.3, -0.25) is 4.79 Å². The number of aromatic nitrogens is 1. The summed E-state index contributed by atoms with van der Waals surface area (Å²) in [4.78, 5) is 19.0. The van der Waals surface area contributed by atoms with Crippen molar-refractivity contribution in [2.24, 2.45) is 0 Å². The van der Waals surface area contributed by atoms with Crippen LogP contribution < -0.4 is 5.32 Å². The van der Waals surface area contributed by atoms with Crippen molar-refractivity contribution >= 4 is 40.0 Å². The molecule has 1 aliphatic heterocycles. The van der Waals surface area contributed by atoms with Crippen LogP contribution in [-0.2, 0) is 0 Å². The molecule has 0 unspecified atom stereocenters. The molecule has 0 atom stereocenters. The average Bonchev–Trinajstić information content (AvgIpc) is 3.27. The van der Waals surface area contributed by atoms with Gasteiger partial charge in [0.05, 0.1) is 11.6 Å². The minimum Gasteiger partial charge on any atom is -0.464 e. The zero-order chi connectivity index (χ0) is 16.5. The van der Waals surface area contributed by atoms with E-state index in [9.17, 15) is 4.79 Å². The van der Waals surface area contributed by atoms with Crippen molar-refractivity contribution in [3.8, 4) is 0 Å². The number of amides is 1. The molecule has 1 aliphatic rings. The first-order valence-corrected chi connectivity index (χ1v) is 8.28. The highest BCUT2D eigenvalue weighted by atomic mass is 35.5. The summed E-state index contributed by atoms with van der Waals surface area (Å²) in [6, 6.07) is 10.9. The number of fused-ring (bicyclic) bond motifs is 1. The maximum Gasteiger partial charge on any atom is 0.272 e. The molecule has 3 heterocycles. The molecule has 1 N–H and O–H groups in total. The van der Waals surface area contributed by atoms with Gasteiger partial charge in [-0.1, -0.05) is 11.6 Å². The van der Waals surface area contributed by atoms with E-state index < -0.39 is 0 Å². The minimum absolute atomic E-state index is 0.0510. The van der Waals surface area contributed by atoms with E-state index in [2.05, 4.69) is 10.3 Å². The molecular weight excluding hydrogens is 326 g/mol. The lowest BCUT2D eigenvalue weighted by Gasteiger charge is -2.15. The Balaban J connectivity index is 1.72. The van der Waals surface area contributed by atoms with Gasteiger partial charge in [-0.15, -0.1) is 0 Å². The Morgan fingerprint density at radius 3 is 2.67 bits per heavy atom. The van der Waals surface area contributed by atoms with Crippen molar-refractivity contribution in [3.63, 3.8) is 0 Å². The van der Waals surface area contributed by atoms with Gasteiger partial charge in [0, 0.05) is 29.9 Å². The Bertz CT molecular complexity index is 883. The predicted molar refractivity (Wildman–Crippen MR) is 93.9 cm³/mol. The van der Waals surface area contributed by atoms with Crippen molar-refractivity contribution < 1.29 is 9.21 Å². The number of hydrogen-bond acceptors (Lipinski definition) is 4. The highest BCUT2D eigenvalue weighted by Gasteiger charge is 2.22. The number of carbonyl (C=O) groups excluding carboxylic acids is 1. The van der Waals surface area contributed by atoms with Gasteiger partial charge in [-0.25, -0.2) is 4.98 Å². The first kappa shape index (κ1) is 15.0. The van der Waals surface area contributed by atoms with Crippen LogP contribution in [0.4, 0.5) is 11.5 Å². The topological polar surface area (TPSA) is 58.4 Å². The molecule has 5 nitrogen and oxygen atoms in total. The van der Waals surface area contributed by atoms with Gasteiger partial charge in [-0.2, -0.15) is 0 Å². The van der Waals surface area contributed by atoms with Crippen molar-refractivity contribution in [2.75, 3.05) is 18.4 Å². The van der Waals surface area contributed by atoms with Crippen LogP contribution in [0.1, 0.15) is 23.3 Å². The molecule has 3 aromatic rings. The Hall–Kier alpha value is -2.53. The summed E-state index contributed by atoms with van der Waals surface area (Å²) in [7, 11) is 0. The minimum atomic E-state index is -0.0510. The lowest BCUT2D eigenvalue weighted by Crippen LogP contribution is -2.28. The van der Waals surface area contributed by atoms with E-state index in [4.69, 9.17) is 16.0 Å². The summed E-state index contributed by atoms with van der Waals surface area (Å²) in [6.07, 6.45) is 3.69. The molecule has 24 heavy (non-hydrogen) atoms. The fourth-order valence-corrected chi connectivity index (χ4v) is 3.05. The second-order valence-electron chi connectivity index (χ2n) is 5.82. The SMILES string of the molecule is O=C(c1cc2occc2c(Nc2ccc(Cl)cc2)n1)N1CCCC1. The third-order valence-corrected chi connectivity index (χ3v) is 4.42. The van der Waals surface area contributed by atoms with Gasteiger partial charge in [0.1, 0.15) is 17.1 Å². The normalized spacial score (nSPS) is 14.3. The van der Waals surface area contributed by atoms with Crippen LogP contribution in [0.3, 0.4) is 0 Å². The fraction of sp³-hybridized carbons (Fsp3) is 0.222. The molecule has 6 heteroatoms. The molecule has 1 amide bonds. The zero-order valence-electron chi connectivity index (χ0n) is 13.0. The Labute approximate surface area is 144 Å². The van der Waals surface area contributed by atoms with E-state index in [0.717, 1.165) is 37.0 Å². The molecular formula is C18H16ClN3O2. The summed E-state index contributed by atoms with van der Waals surface area (Å²) in [5.41, 5.74) is 1.89. The van der Waals surface area contributed by atoms with E-state index in [1.54, 1.807) is 24.5 Å². The average molecular weight is 342 g/mol. The largest absolute Gasteiger partial charge is 0.464 e. The zero-order valence-corrected chi connectivity index (χ0v) is 13.7. The first-order chi connectivity index (χ1) is 11.7. The van der Waals surface area contributed by atoms with Crippen molar-refractivity contribution in [3.05, 3.63) is 53.4 Å². The van der Waals surface area contributed by atoms with Gasteiger partial charge in [0.2, 0.25) is 0 Å². The molecule has 1 fully saturated rings. The summed E-state index contributed by atoms with van der Waals surface area (Å²) in [5.74, 6) is 0.552. The van der Waals surface area contributed by atoms with Crippen LogP contribution in [0.15, 0.2) is 47.1 Å². The fourth-order valence-electron chi connectivity index (χ4n) is 2.92. The monoisotopic (exact) mass is 341 g/mol. The summed E-state index contributed by atoms with van der Waals surface area (Å²) < 4.78 is 5.50. The Morgan fingerprint density at radius 1 is 1.17 bits per heavy atom. The molecule has 0 aliphatic carbocycles. The quantitative estimate of drug-likeness (QED) is 0.764. The number of halogens is 1. The summed E-state index contributed by atoms with van der Waals surface area (Å²) in [5, 5.41) is 4.75. The van der Waals surface area contributed by atoms with Crippen LogP contribution in [0.5, 0.6) is 0 Å². The molecule has 4 rings (SSSR count). The van der Waals surface area contributed by atoms with E-state index in [1.807, 2.05) is 23.1 Å². The number of anilines is 2. The molecule has 1 saturated heterocycles. The molecule has 0 radical (unpaired) electrons. The summed E-state index contributed by atoms with van der Waals surface area (Å²) in [6.45, 7) is 1.58. The summed E-state index contributed by atoms with van der Waals surface area (Å²) >= 11 is 5.92. The van der Waals surface area contributed by atoms with E-state index in [-0.39, 0.29) is 5.91 Å². The lowest BCUT2D eigenvalue weighted by molar-refractivity contribution is 0.0787. The number of nitrogens with zero attached hydrogens (tertiary/aromatic N) is 2. The van der Waals surface area contributed by atoms with Crippen LogP contribution in [0.25, 0.3) is 11.0 Å². The van der Waals surface area contributed by atoms with E-state index in [1.165, 1.54) is 0 Å². The van der Waals surface area contributed by atoms with Crippen LogP contribution in [-0.4, -0.2) is 28.9 Å². The van der Waals surface area contributed by atoms with Crippen LogP contribution in [0.2, 0.25) is 5.02 Å². The third-order valence-electron chi connectivity index (χ3n) is 4.17. The van der Waals surface area contributed by atoms with Gasteiger partial charge in [-0.05, 0) is 43.2 Å². The van der Waals surface area contributed by atoms with Crippen LogP contribution >= 0.6 is 11.6 Å². The number of nitrogens with one attached hydrogen (secondary N) is 1. The maximum atomic E-state index is 12.6. The predicted octanol–water partition coefficient (Wildman–Crippen LogP) is 4.46. The number of pyridine rings is 1. The number of likely N-dealkylation sites (tertiary alicyclic amines) is 1. The van der Waals surface area contributed by atoms with Crippen LogP contribution in [0, 0.1) is 0 Å². The Morgan fingerprint density at radius 2 is 1.92 bits per heavy atom. The van der Waals surface area contributed by atoms with Gasteiger partial charge < -0.3 is 14.6 Å². The van der Waals surface area contributed by atoms with Gasteiger partial charge in [0.25, 0.3) is 5.91 Å². The second-order valence-corrected chi connectivity index (χ2v) is 6.26. The highest BCUT2D eigenvalue weighted by molar-refractivity contribution is 6.30. The number of rotatable bonds is 3. The van der Waals surface area contributed by atoms with Gasteiger partial charge in [0.15, 0.2) is 0 Å². The molecule has 1 aromatic carbocycles. The Kier molecular flexibility index (Phi) is 3.86. The standard InChI is InChI=1S/C18H16ClN3O2/c19-12-3-5-13(6-4-12)20-17-14-7-10-24-16(14)11-15(21-17)18(23)22-8-1-2-9-22/h3-7,10-11H,1-2,8-9H2,(H,20,21). The molecule has 2 aromatic heterocycles. The molecule has 0 bridgehead atoms. The third kappa shape index (κ3) is 2.83. The van der Waals surface area contributed by atoms with Crippen molar-refractivity contribution in [2.45, 2.75) is 12.8 Å². The van der Waals surface area contributed by atoms with Crippen molar-refractivity contribution in [1.82, 2.24) is 9.88 Å². The number of furan rings is 1. The highest BCUT2D eigenvalue weighted by Crippen LogP contribution is 2.28. The smallest absolute Gasteiger partial charge is 0.272 e. The van der Waals surface area contributed by atoms with E-state index in [0.29, 0.717) is 22.1 Å². The van der Waals surface area contributed by atoms with Gasteiger partial charge >= 0.3 is 0 Å². The molecule has 0 saturated carbocycles. The number of benzene rings is 1. The van der Waals surface area contributed by atoms with Crippen molar-refractivity contribution in [1.29, 1.82) is 0 Å². The molecule has 0 spiro atoms. The second kappa shape index (κ2) is 6.17.